The molecular weight excluding hydrogens is 309 g/mol. The Morgan fingerprint density at radius 3 is 2.52 bits per heavy atom. The van der Waals surface area contributed by atoms with Crippen LogP contribution in [0, 0.1) is 5.92 Å². The minimum absolute atomic E-state index is 0.0174. The van der Waals surface area contributed by atoms with Gasteiger partial charge >= 0.3 is 0 Å². The molecule has 0 aromatic heterocycles. The molecule has 1 saturated carbocycles. The van der Waals surface area contributed by atoms with Crippen molar-refractivity contribution in [1.29, 1.82) is 0 Å². The standard InChI is InChI=1S/C16H21Cl2NO2/c1-3-16(4-2,9-20)19-15(21)12-8-11(12)10-5-6-13(17)14(18)7-10/h5-7,11-12,20H,3-4,8-9H2,1-2H3,(H,19,21). The molecule has 1 aromatic carbocycles. The molecule has 3 nitrogen and oxygen atoms in total. The first-order valence-corrected chi connectivity index (χ1v) is 8.09. The van der Waals surface area contributed by atoms with Gasteiger partial charge < -0.3 is 10.4 Å². The lowest BCUT2D eigenvalue weighted by molar-refractivity contribution is -0.125. The number of carbonyl (C=O) groups is 1. The van der Waals surface area contributed by atoms with Gasteiger partial charge in [-0.3, -0.25) is 4.79 Å². The lowest BCUT2D eigenvalue weighted by Crippen LogP contribution is -2.51. The van der Waals surface area contributed by atoms with Gasteiger partial charge in [-0.15, -0.1) is 0 Å². The lowest BCUT2D eigenvalue weighted by Gasteiger charge is -2.30. The molecule has 2 N–H and O–H groups in total. The van der Waals surface area contributed by atoms with Crippen LogP contribution < -0.4 is 5.32 Å². The summed E-state index contributed by atoms with van der Waals surface area (Å²) in [5.41, 5.74) is 0.550. The quantitative estimate of drug-likeness (QED) is 0.834. The van der Waals surface area contributed by atoms with Crippen molar-refractivity contribution in [1.82, 2.24) is 5.32 Å². The Morgan fingerprint density at radius 1 is 1.33 bits per heavy atom. The first-order valence-electron chi connectivity index (χ1n) is 7.34. The second-order valence-electron chi connectivity index (χ2n) is 5.76. The molecule has 2 unspecified atom stereocenters. The van der Waals surface area contributed by atoms with E-state index in [1.165, 1.54) is 0 Å². The molecule has 0 spiro atoms. The van der Waals surface area contributed by atoms with E-state index in [0.29, 0.717) is 10.0 Å². The van der Waals surface area contributed by atoms with Crippen LogP contribution in [0.1, 0.15) is 44.6 Å². The Hall–Kier alpha value is -0.770. The van der Waals surface area contributed by atoms with Crippen LogP contribution >= 0.6 is 23.2 Å². The zero-order chi connectivity index (χ0) is 15.6. The maximum Gasteiger partial charge on any atom is 0.224 e. The van der Waals surface area contributed by atoms with Gasteiger partial charge in [-0.1, -0.05) is 43.1 Å². The molecule has 0 saturated heterocycles. The third-order valence-corrected chi connectivity index (χ3v) is 5.28. The molecule has 5 heteroatoms. The average Bonchev–Trinajstić information content (AvgIpc) is 3.28. The number of hydrogen-bond acceptors (Lipinski definition) is 2. The van der Waals surface area contributed by atoms with Crippen molar-refractivity contribution >= 4 is 29.1 Å². The van der Waals surface area contributed by atoms with Gasteiger partial charge in [0.2, 0.25) is 5.91 Å². The van der Waals surface area contributed by atoms with Crippen LogP contribution in [-0.4, -0.2) is 23.2 Å². The highest BCUT2D eigenvalue weighted by atomic mass is 35.5. The summed E-state index contributed by atoms with van der Waals surface area (Å²) in [5.74, 6) is 0.181. The summed E-state index contributed by atoms with van der Waals surface area (Å²) in [7, 11) is 0. The smallest absolute Gasteiger partial charge is 0.224 e. The second-order valence-corrected chi connectivity index (χ2v) is 6.57. The van der Waals surface area contributed by atoms with E-state index < -0.39 is 5.54 Å². The summed E-state index contributed by atoms with van der Waals surface area (Å²) in [6.45, 7) is 3.92. The maximum absolute atomic E-state index is 12.4. The Morgan fingerprint density at radius 2 is 2.00 bits per heavy atom. The van der Waals surface area contributed by atoms with E-state index in [9.17, 15) is 9.90 Å². The lowest BCUT2D eigenvalue weighted by atomic mass is 9.93. The Kier molecular flexibility index (Phi) is 5.18. The van der Waals surface area contributed by atoms with E-state index in [4.69, 9.17) is 23.2 Å². The zero-order valence-electron chi connectivity index (χ0n) is 12.3. The minimum atomic E-state index is -0.498. The molecule has 0 aliphatic heterocycles. The molecular formula is C16H21Cl2NO2. The highest BCUT2D eigenvalue weighted by Crippen LogP contribution is 2.48. The number of carbonyl (C=O) groups excluding carboxylic acids is 1. The largest absolute Gasteiger partial charge is 0.394 e. The average molecular weight is 330 g/mol. The van der Waals surface area contributed by atoms with Gasteiger partial charge in [0.1, 0.15) is 0 Å². The van der Waals surface area contributed by atoms with Crippen molar-refractivity contribution in [2.45, 2.75) is 44.6 Å². The van der Waals surface area contributed by atoms with E-state index in [1.807, 2.05) is 26.0 Å². The number of amides is 1. The number of aliphatic hydroxyl groups is 1. The van der Waals surface area contributed by atoms with E-state index in [0.717, 1.165) is 24.8 Å². The molecule has 0 bridgehead atoms. The van der Waals surface area contributed by atoms with Gasteiger partial charge in [0.25, 0.3) is 0 Å². The fraction of sp³-hybridized carbons (Fsp3) is 0.562. The van der Waals surface area contributed by atoms with Gasteiger partial charge in [-0.25, -0.2) is 0 Å². The molecule has 1 amide bonds. The van der Waals surface area contributed by atoms with E-state index in [-0.39, 0.29) is 24.3 Å². The molecule has 1 aliphatic rings. The first kappa shape index (κ1) is 16.6. The fourth-order valence-electron chi connectivity index (χ4n) is 2.64. The Labute approximate surface area is 135 Å². The van der Waals surface area contributed by atoms with Crippen LogP contribution in [0.5, 0.6) is 0 Å². The predicted octanol–water partition coefficient (Wildman–Crippen LogP) is 3.76. The molecule has 116 valence electrons. The topological polar surface area (TPSA) is 49.3 Å². The highest BCUT2D eigenvalue weighted by Gasteiger charge is 2.45. The van der Waals surface area contributed by atoms with Crippen LogP contribution in [0.15, 0.2) is 18.2 Å². The molecule has 21 heavy (non-hydrogen) atoms. The molecule has 2 rings (SSSR count). The Balaban J connectivity index is 2.02. The van der Waals surface area contributed by atoms with Crippen molar-refractivity contribution in [3.63, 3.8) is 0 Å². The van der Waals surface area contributed by atoms with E-state index in [1.54, 1.807) is 6.07 Å². The number of hydrogen-bond donors (Lipinski definition) is 2. The van der Waals surface area contributed by atoms with Crippen molar-refractivity contribution in [3.05, 3.63) is 33.8 Å². The normalized spacial score (nSPS) is 21.2. The third-order valence-electron chi connectivity index (χ3n) is 4.54. The summed E-state index contributed by atoms with van der Waals surface area (Å²) >= 11 is 11.9. The second kappa shape index (κ2) is 6.55. The van der Waals surface area contributed by atoms with Crippen LogP contribution in [-0.2, 0) is 4.79 Å². The summed E-state index contributed by atoms with van der Waals surface area (Å²) in [4.78, 5) is 12.4. The molecule has 0 heterocycles. The van der Waals surface area contributed by atoms with Gasteiger partial charge in [-0.2, -0.15) is 0 Å². The molecule has 1 fully saturated rings. The van der Waals surface area contributed by atoms with Crippen LogP contribution in [0.25, 0.3) is 0 Å². The number of aliphatic hydroxyl groups excluding tert-OH is 1. The number of rotatable bonds is 6. The van der Waals surface area contributed by atoms with Gasteiger partial charge in [-0.05, 0) is 42.9 Å². The van der Waals surface area contributed by atoms with Crippen LogP contribution in [0.4, 0.5) is 0 Å². The zero-order valence-corrected chi connectivity index (χ0v) is 13.8. The Bertz CT molecular complexity index is 521. The SMILES string of the molecule is CCC(CC)(CO)NC(=O)C1CC1c1ccc(Cl)c(Cl)c1. The maximum atomic E-state index is 12.4. The van der Waals surface area contributed by atoms with Gasteiger partial charge in [0, 0.05) is 5.92 Å². The van der Waals surface area contributed by atoms with E-state index in [2.05, 4.69) is 5.32 Å². The fourth-order valence-corrected chi connectivity index (χ4v) is 2.95. The highest BCUT2D eigenvalue weighted by molar-refractivity contribution is 6.42. The van der Waals surface area contributed by atoms with Crippen LogP contribution in [0.3, 0.4) is 0 Å². The summed E-state index contributed by atoms with van der Waals surface area (Å²) in [6, 6.07) is 5.52. The van der Waals surface area contributed by atoms with Crippen molar-refractivity contribution in [2.75, 3.05) is 6.61 Å². The summed E-state index contributed by atoms with van der Waals surface area (Å²) < 4.78 is 0. The van der Waals surface area contributed by atoms with Crippen molar-refractivity contribution < 1.29 is 9.90 Å². The number of halogens is 2. The van der Waals surface area contributed by atoms with Gasteiger partial charge in [0.15, 0.2) is 0 Å². The number of benzene rings is 1. The molecule has 0 radical (unpaired) electrons. The summed E-state index contributed by atoms with van der Waals surface area (Å²) in [5, 5.41) is 13.6. The third kappa shape index (κ3) is 3.53. The van der Waals surface area contributed by atoms with Crippen molar-refractivity contribution in [3.8, 4) is 0 Å². The molecule has 2 atom stereocenters. The van der Waals surface area contributed by atoms with Crippen molar-refractivity contribution in [2.24, 2.45) is 5.92 Å². The minimum Gasteiger partial charge on any atom is -0.394 e. The summed E-state index contributed by atoms with van der Waals surface area (Å²) in [6.07, 6.45) is 2.25. The molecule has 1 aromatic rings. The number of nitrogens with one attached hydrogen (secondary N) is 1. The predicted molar refractivity (Wildman–Crippen MR) is 85.9 cm³/mol. The van der Waals surface area contributed by atoms with E-state index >= 15 is 0 Å². The molecule has 1 aliphatic carbocycles. The monoisotopic (exact) mass is 329 g/mol. The van der Waals surface area contributed by atoms with Crippen LogP contribution in [0.2, 0.25) is 10.0 Å². The first-order chi connectivity index (χ1) is 9.96. The van der Waals surface area contributed by atoms with Gasteiger partial charge in [0.05, 0.1) is 22.2 Å².